The van der Waals surface area contributed by atoms with Gasteiger partial charge in [0.1, 0.15) is 0 Å². The number of anilines is 1. The van der Waals surface area contributed by atoms with Crippen LogP contribution in [-0.2, 0) is 0 Å². The second-order valence-corrected chi connectivity index (χ2v) is 7.61. The lowest BCUT2D eigenvalue weighted by Crippen LogP contribution is -2.58. The minimum atomic E-state index is 0.515. The molecule has 112 valence electrons. The van der Waals surface area contributed by atoms with Crippen molar-refractivity contribution in [1.82, 2.24) is 5.32 Å². The van der Waals surface area contributed by atoms with E-state index in [0.29, 0.717) is 18.0 Å². The van der Waals surface area contributed by atoms with Crippen molar-refractivity contribution in [2.45, 2.75) is 45.7 Å². The van der Waals surface area contributed by atoms with E-state index in [4.69, 9.17) is 11.6 Å². The lowest BCUT2D eigenvalue weighted by molar-refractivity contribution is 0.327. The molecule has 1 fully saturated rings. The number of hydrogen-bond donors (Lipinski definition) is 1. The van der Waals surface area contributed by atoms with Gasteiger partial charge in [-0.05, 0) is 53.1 Å². The number of benzene rings is 1. The van der Waals surface area contributed by atoms with E-state index in [0.717, 1.165) is 18.1 Å². The van der Waals surface area contributed by atoms with Gasteiger partial charge in [0.15, 0.2) is 0 Å². The van der Waals surface area contributed by atoms with Gasteiger partial charge in [0.2, 0.25) is 0 Å². The summed E-state index contributed by atoms with van der Waals surface area (Å²) >= 11 is 8.80. The van der Waals surface area contributed by atoms with Crippen LogP contribution in [0, 0.1) is 9.49 Å². The Morgan fingerprint density at radius 1 is 1.45 bits per heavy atom. The first-order valence-electron chi connectivity index (χ1n) is 7.48. The predicted molar refractivity (Wildman–Crippen MR) is 96.8 cm³/mol. The largest absolute Gasteiger partial charge is 0.364 e. The van der Waals surface area contributed by atoms with Crippen LogP contribution in [0.1, 0.15) is 33.6 Å². The highest BCUT2D eigenvalue weighted by Gasteiger charge is 2.30. The van der Waals surface area contributed by atoms with Crippen LogP contribution in [0.5, 0.6) is 0 Å². The Hall–Kier alpha value is -0.000000000000000132. The zero-order chi connectivity index (χ0) is 14.7. The number of nitrogens with zero attached hydrogens (tertiary/aromatic N) is 1. The van der Waals surface area contributed by atoms with E-state index < -0.39 is 0 Å². The van der Waals surface area contributed by atoms with Crippen molar-refractivity contribution >= 4 is 39.9 Å². The molecule has 1 aromatic carbocycles. The average molecular weight is 407 g/mol. The normalized spacial score (nSPS) is 23.4. The summed E-state index contributed by atoms with van der Waals surface area (Å²) in [5.74, 6) is 0.612. The van der Waals surface area contributed by atoms with E-state index >= 15 is 0 Å². The highest BCUT2D eigenvalue weighted by atomic mass is 127. The fourth-order valence-corrected chi connectivity index (χ4v) is 3.93. The fourth-order valence-electron chi connectivity index (χ4n) is 2.96. The summed E-state index contributed by atoms with van der Waals surface area (Å²) < 4.78 is 1.19. The van der Waals surface area contributed by atoms with Gasteiger partial charge in [-0.2, -0.15) is 0 Å². The van der Waals surface area contributed by atoms with Crippen molar-refractivity contribution in [3.63, 3.8) is 0 Å². The zero-order valence-electron chi connectivity index (χ0n) is 12.5. The van der Waals surface area contributed by atoms with Crippen molar-refractivity contribution < 1.29 is 0 Å². The molecule has 1 saturated heterocycles. The van der Waals surface area contributed by atoms with Gasteiger partial charge >= 0.3 is 0 Å². The maximum Gasteiger partial charge on any atom is 0.0650 e. The Balaban J connectivity index is 2.26. The molecule has 1 N–H and O–H groups in total. The summed E-state index contributed by atoms with van der Waals surface area (Å²) in [6.45, 7) is 8.93. The highest BCUT2D eigenvalue weighted by Crippen LogP contribution is 2.32. The van der Waals surface area contributed by atoms with Crippen molar-refractivity contribution in [1.29, 1.82) is 0 Å². The van der Waals surface area contributed by atoms with Gasteiger partial charge in [-0.1, -0.05) is 38.8 Å². The molecule has 1 aliphatic heterocycles. The Morgan fingerprint density at radius 3 is 2.80 bits per heavy atom. The summed E-state index contributed by atoms with van der Waals surface area (Å²) in [5, 5.41) is 4.57. The third-order valence-corrected chi connectivity index (χ3v) is 5.03. The molecular weight excluding hydrogens is 383 g/mol. The molecule has 1 aliphatic rings. The van der Waals surface area contributed by atoms with Crippen molar-refractivity contribution in [2.24, 2.45) is 5.92 Å². The Labute approximate surface area is 141 Å². The van der Waals surface area contributed by atoms with Crippen molar-refractivity contribution in [3.05, 3.63) is 26.8 Å². The van der Waals surface area contributed by atoms with E-state index in [1.165, 1.54) is 22.1 Å². The zero-order valence-corrected chi connectivity index (χ0v) is 15.4. The fraction of sp³-hybridized carbons (Fsp3) is 0.625. The van der Waals surface area contributed by atoms with E-state index in [9.17, 15) is 0 Å². The minimum Gasteiger partial charge on any atom is -0.364 e. The number of rotatable bonds is 4. The second kappa shape index (κ2) is 7.32. The molecule has 2 atom stereocenters. The molecule has 0 saturated carbocycles. The predicted octanol–water partition coefficient (Wildman–Crippen LogP) is 4.55. The molecule has 0 aromatic heterocycles. The monoisotopic (exact) mass is 406 g/mol. The van der Waals surface area contributed by atoms with Gasteiger partial charge in [-0.25, -0.2) is 0 Å². The summed E-state index contributed by atoms with van der Waals surface area (Å²) in [4.78, 5) is 2.51. The minimum absolute atomic E-state index is 0.515. The summed E-state index contributed by atoms with van der Waals surface area (Å²) in [5.41, 5.74) is 1.19. The smallest absolute Gasteiger partial charge is 0.0650 e. The van der Waals surface area contributed by atoms with E-state index in [-0.39, 0.29) is 0 Å². The molecule has 0 bridgehead atoms. The number of nitrogens with one attached hydrogen (secondary N) is 1. The first-order chi connectivity index (χ1) is 9.52. The van der Waals surface area contributed by atoms with Crippen LogP contribution in [0.15, 0.2) is 18.2 Å². The first kappa shape index (κ1) is 16.4. The van der Waals surface area contributed by atoms with Gasteiger partial charge in [-0.15, -0.1) is 0 Å². The molecule has 4 heteroatoms. The van der Waals surface area contributed by atoms with Crippen LogP contribution in [0.2, 0.25) is 5.02 Å². The highest BCUT2D eigenvalue weighted by molar-refractivity contribution is 14.1. The molecule has 0 aliphatic carbocycles. The van der Waals surface area contributed by atoms with Gasteiger partial charge < -0.3 is 10.2 Å². The topological polar surface area (TPSA) is 15.3 Å². The molecule has 2 unspecified atom stereocenters. The molecular formula is C16H24ClIN2. The maximum absolute atomic E-state index is 6.49. The van der Waals surface area contributed by atoms with E-state index in [2.05, 4.69) is 71.8 Å². The molecule has 20 heavy (non-hydrogen) atoms. The van der Waals surface area contributed by atoms with Crippen LogP contribution < -0.4 is 10.2 Å². The van der Waals surface area contributed by atoms with Crippen molar-refractivity contribution in [2.75, 3.05) is 18.0 Å². The molecule has 0 spiro atoms. The molecule has 2 nitrogen and oxygen atoms in total. The Bertz CT molecular complexity index is 450. The third kappa shape index (κ3) is 3.80. The Kier molecular flexibility index (Phi) is 5.99. The summed E-state index contributed by atoms with van der Waals surface area (Å²) in [6, 6.07) is 7.47. The second-order valence-electron chi connectivity index (χ2n) is 5.95. The number of halogens is 2. The maximum atomic E-state index is 6.49. The number of hydrogen-bond acceptors (Lipinski definition) is 2. The molecule has 1 heterocycles. The molecule has 1 aromatic rings. The number of piperazine rings is 1. The van der Waals surface area contributed by atoms with Crippen LogP contribution in [-0.4, -0.2) is 25.2 Å². The standard InChI is InChI=1S/C16H24ClIN2/c1-4-5-13-10-20(16(9-19-13)11(2)3)15-7-6-12(18)8-14(15)17/h6-8,11,13,16,19H,4-5,9-10H2,1-3H3. The van der Waals surface area contributed by atoms with Gasteiger partial charge in [0, 0.05) is 28.7 Å². The van der Waals surface area contributed by atoms with Gasteiger partial charge in [-0.3, -0.25) is 0 Å². The third-order valence-electron chi connectivity index (χ3n) is 4.06. The SMILES string of the molecule is CCCC1CN(c2ccc(I)cc2Cl)C(C(C)C)CN1. The summed E-state index contributed by atoms with van der Waals surface area (Å²) in [7, 11) is 0. The van der Waals surface area contributed by atoms with Crippen molar-refractivity contribution in [3.8, 4) is 0 Å². The molecule has 2 rings (SSSR count). The van der Waals surface area contributed by atoms with E-state index in [1.807, 2.05) is 0 Å². The van der Waals surface area contributed by atoms with Crippen LogP contribution in [0.25, 0.3) is 0 Å². The van der Waals surface area contributed by atoms with Gasteiger partial charge in [0.25, 0.3) is 0 Å². The van der Waals surface area contributed by atoms with Crippen LogP contribution in [0.3, 0.4) is 0 Å². The molecule has 0 radical (unpaired) electrons. The lowest BCUT2D eigenvalue weighted by Gasteiger charge is -2.44. The molecule has 0 amide bonds. The van der Waals surface area contributed by atoms with Gasteiger partial charge in [0.05, 0.1) is 10.7 Å². The quantitative estimate of drug-likeness (QED) is 0.738. The average Bonchev–Trinajstić information content (AvgIpc) is 2.38. The first-order valence-corrected chi connectivity index (χ1v) is 8.93. The van der Waals surface area contributed by atoms with Crippen LogP contribution >= 0.6 is 34.2 Å². The Morgan fingerprint density at radius 2 is 2.20 bits per heavy atom. The summed E-state index contributed by atoms with van der Waals surface area (Å²) in [6.07, 6.45) is 2.45. The lowest BCUT2D eigenvalue weighted by atomic mass is 9.96. The van der Waals surface area contributed by atoms with E-state index in [1.54, 1.807) is 0 Å². The van der Waals surface area contributed by atoms with Crippen LogP contribution in [0.4, 0.5) is 5.69 Å².